The molecule has 4 rings (SSSR count). The van der Waals surface area contributed by atoms with Crippen molar-refractivity contribution in [1.29, 1.82) is 0 Å². The van der Waals surface area contributed by atoms with Crippen LogP contribution in [-0.2, 0) is 0 Å². The number of anilines is 1. The minimum absolute atomic E-state index is 0.212. The zero-order valence-corrected chi connectivity index (χ0v) is 11.9. The Bertz CT molecular complexity index is 931. The number of rotatable bonds is 3. The Balaban J connectivity index is 1.73. The van der Waals surface area contributed by atoms with Gasteiger partial charge in [0.25, 0.3) is 5.89 Å². The largest absolute Gasteiger partial charge is 0.382 e. The summed E-state index contributed by atoms with van der Waals surface area (Å²) >= 11 is 0. The van der Waals surface area contributed by atoms with Crippen LogP contribution in [0, 0.1) is 0 Å². The first-order chi connectivity index (χ1) is 11.3. The number of nitrogens with zero attached hydrogens (tertiary/aromatic N) is 6. The van der Waals surface area contributed by atoms with Gasteiger partial charge in [0.05, 0.1) is 5.69 Å². The van der Waals surface area contributed by atoms with Gasteiger partial charge in [-0.2, -0.15) is 9.67 Å². The lowest BCUT2D eigenvalue weighted by Crippen LogP contribution is -2.01. The van der Waals surface area contributed by atoms with E-state index in [9.17, 15) is 0 Å². The first-order valence-corrected chi connectivity index (χ1v) is 6.84. The molecule has 0 spiro atoms. The molecule has 3 heterocycles. The van der Waals surface area contributed by atoms with Crippen molar-refractivity contribution in [1.82, 2.24) is 30.1 Å². The summed E-state index contributed by atoms with van der Waals surface area (Å²) in [6, 6.07) is 13.1. The van der Waals surface area contributed by atoms with Crippen molar-refractivity contribution in [3.8, 4) is 28.7 Å². The number of para-hydroxylation sites is 1. The van der Waals surface area contributed by atoms with Crippen molar-refractivity contribution in [3.05, 3.63) is 54.9 Å². The van der Waals surface area contributed by atoms with Crippen molar-refractivity contribution in [2.24, 2.45) is 0 Å². The van der Waals surface area contributed by atoms with E-state index < -0.39 is 0 Å². The summed E-state index contributed by atoms with van der Waals surface area (Å²) in [5, 5.41) is 12.0. The SMILES string of the molecule is Nc1c(-c2nc(-c3cccnc3)no2)nnn1-c1ccccc1. The van der Waals surface area contributed by atoms with Gasteiger partial charge in [-0.1, -0.05) is 28.6 Å². The van der Waals surface area contributed by atoms with E-state index in [0.717, 1.165) is 11.3 Å². The number of hydrogen-bond donors (Lipinski definition) is 1. The Morgan fingerprint density at radius 2 is 1.91 bits per heavy atom. The highest BCUT2D eigenvalue weighted by Gasteiger charge is 2.19. The smallest absolute Gasteiger partial charge is 0.282 e. The van der Waals surface area contributed by atoms with Gasteiger partial charge in [0.15, 0.2) is 11.5 Å². The lowest BCUT2D eigenvalue weighted by atomic mass is 10.3. The third-order valence-corrected chi connectivity index (χ3v) is 3.25. The average molecular weight is 305 g/mol. The van der Waals surface area contributed by atoms with Crippen LogP contribution in [0.2, 0.25) is 0 Å². The molecule has 0 atom stereocenters. The molecule has 0 fully saturated rings. The van der Waals surface area contributed by atoms with E-state index in [1.54, 1.807) is 18.5 Å². The second-order valence-corrected chi connectivity index (χ2v) is 4.74. The van der Waals surface area contributed by atoms with Crippen LogP contribution in [0.3, 0.4) is 0 Å². The third-order valence-electron chi connectivity index (χ3n) is 3.25. The summed E-state index contributed by atoms with van der Waals surface area (Å²) in [7, 11) is 0. The Labute approximate surface area is 130 Å². The van der Waals surface area contributed by atoms with Gasteiger partial charge in [-0.05, 0) is 24.3 Å². The van der Waals surface area contributed by atoms with Crippen LogP contribution in [0.5, 0.6) is 0 Å². The molecule has 2 N–H and O–H groups in total. The number of nitrogen functional groups attached to an aromatic ring is 1. The van der Waals surface area contributed by atoms with Gasteiger partial charge in [-0.25, -0.2) is 0 Å². The number of pyridine rings is 1. The quantitative estimate of drug-likeness (QED) is 0.616. The monoisotopic (exact) mass is 305 g/mol. The van der Waals surface area contributed by atoms with Crippen LogP contribution in [-0.4, -0.2) is 30.1 Å². The first-order valence-electron chi connectivity index (χ1n) is 6.84. The topological polar surface area (TPSA) is 109 Å². The fourth-order valence-electron chi connectivity index (χ4n) is 2.13. The van der Waals surface area contributed by atoms with Crippen molar-refractivity contribution in [2.45, 2.75) is 0 Å². The van der Waals surface area contributed by atoms with E-state index in [4.69, 9.17) is 10.3 Å². The molecule has 0 aliphatic carbocycles. The maximum absolute atomic E-state index is 6.11. The van der Waals surface area contributed by atoms with Crippen molar-refractivity contribution < 1.29 is 4.52 Å². The van der Waals surface area contributed by atoms with Crippen LogP contribution >= 0.6 is 0 Å². The van der Waals surface area contributed by atoms with E-state index in [0.29, 0.717) is 17.3 Å². The van der Waals surface area contributed by atoms with E-state index in [2.05, 4.69) is 25.4 Å². The van der Waals surface area contributed by atoms with Gasteiger partial charge in [0.2, 0.25) is 5.82 Å². The summed E-state index contributed by atoms with van der Waals surface area (Å²) in [5.74, 6) is 0.961. The Kier molecular flexibility index (Phi) is 3.05. The van der Waals surface area contributed by atoms with Gasteiger partial charge in [0, 0.05) is 18.0 Å². The summed E-state index contributed by atoms with van der Waals surface area (Å²) in [6.45, 7) is 0. The predicted octanol–water partition coefficient (Wildman–Crippen LogP) is 1.96. The predicted molar refractivity (Wildman–Crippen MR) is 82.3 cm³/mol. The molecule has 8 nitrogen and oxygen atoms in total. The molecule has 0 amide bonds. The number of hydrogen-bond acceptors (Lipinski definition) is 7. The molecule has 0 unspecified atom stereocenters. The average Bonchev–Trinajstić information content (AvgIpc) is 3.23. The molecule has 0 aliphatic rings. The van der Waals surface area contributed by atoms with Gasteiger partial charge in [-0.3, -0.25) is 4.98 Å². The summed E-state index contributed by atoms with van der Waals surface area (Å²) in [5.41, 5.74) is 8.01. The zero-order valence-electron chi connectivity index (χ0n) is 11.9. The number of benzene rings is 1. The van der Waals surface area contributed by atoms with Crippen LogP contribution in [0.4, 0.5) is 5.82 Å². The Morgan fingerprint density at radius 3 is 2.70 bits per heavy atom. The van der Waals surface area contributed by atoms with E-state index in [1.165, 1.54) is 4.68 Å². The van der Waals surface area contributed by atoms with Gasteiger partial charge in [0.1, 0.15) is 0 Å². The highest BCUT2D eigenvalue weighted by Crippen LogP contribution is 2.25. The molecule has 112 valence electrons. The van der Waals surface area contributed by atoms with Crippen LogP contribution < -0.4 is 5.73 Å². The third kappa shape index (κ3) is 2.31. The summed E-state index contributed by atoms with van der Waals surface area (Å²) < 4.78 is 6.77. The lowest BCUT2D eigenvalue weighted by Gasteiger charge is -2.01. The normalized spacial score (nSPS) is 10.8. The molecule has 0 radical (unpaired) electrons. The highest BCUT2D eigenvalue weighted by atomic mass is 16.5. The maximum Gasteiger partial charge on any atom is 0.282 e. The van der Waals surface area contributed by atoms with Crippen molar-refractivity contribution in [2.75, 3.05) is 5.73 Å². The summed E-state index contributed by atoms with van der Waals surface area (Å²) in [4.78, 5) is 8.33. The number of aromatic nitrogens is 6. The standard InChI is InChI=1S/C15H11N7O/c16-13-12(19-21-22(13)11-6-2-1-3-7-11)15-18-14(20-23-15)10-5-4-8-17-9-10/h1-9H,16H2. The second-order valence-electron chi connectivity index (χ2n) is 4.74. The molecule has 0 aliphatic heterocycles. The zero-order chi connectivity index (χ0) is 15.6. The Hall–Kier alpha value is -3.55. The summed E-state index contributed by atoms with van der Waals surface area (Å²) in [6.07, 6.45) is 3.33. The molecule has 3 aromatic heterocycles. The van der Waals surface area contributed by atoms with E-state index in [-0.39, 0.29) is 5.89 Å². The molecule has 0 saturated carbocycles. The molecule has 23 heavy (non-hydrogen) atoms. The number of nitrogens with two attached hydrogens (primary N) is 1. The van der Waals surface area contributed by atoms with Gasteiger partial charge < -0.3 is 10.3 Å². The van der Waals surface area contributed by atoms with Gasteiger partial charge in [-0.15, -0.1) is 5.10 Å². The minimum atomic E-state index is 0.212. The van der Waals surface area contributed by atoms with Crippen LogP contribution in [0.1, 0.15) is 0 Å². The molecule has 8 heteroatoms. The molecule has 0 bridgehead atoms. The van der Waals surface area contributed by atoms with Crippen molar-refractivity contribution in [3.63, 3.8) is 0 Å². The van der Waals surface area contributed by atoms with Crippen LogP contribution in [0.25, 0.3) is 28.7 Å². The minimum Gasteiger partial charge on any atom is -0.382 e. The molecule has 4 aromatic rings. The van der Waals surface area contributed by atoms with Gasteiger partial charge >= 0.3 is 0 Å². The molecular weight excluding hydrogens is 294 g/mol. The molecular formula is C15H11N7O. The van der Waals surface area contributed by atoms with Crippen LogP contribution in [0.15, 0.2) is 59.4 Å². The first kappa shape index (κ1) is 13.1. The molecule has 0 saturated heterocycles. The fraction of sp³-hybridized carbons (Fsp3) is 0. The lowest BCUT2D eigenvalue weighted by molar-refractivity contribution is 0.431. The Morgan fingerprint density at radius 1 is 1.04 bits per heavy atom. The second kappa shape index (κ2) is 5.34. The van der Waals surface area contributed by atoms with E-state index in [1.807, 2.05) is 36.4 Å². The molecule has 1 aromatic carbocycles. The van der Waals surface area contributed by atoms with Crippen molar-refractivity contribution >= 4 is 5.82 Å². The fourth-order valence-corrected chi connectivity index (χ4v) is 2.13. The van der Waals surface area contributed by atoms with E-state index >= 15 is 0 Å². The highest BCUT2D eigenvalue weighted by molar-refractivity contribution is 5.66. The maximum atomic E-state index is 6.11.